The Bertz CT molecular complexity index is 581. The van der Waals surface area contributed by atoms with Crippen molar-refractivity contribution in [2.45, 2.75) is 19.9 Å². The lowest BCUT2D eigenvalue weighted by atomic mass is 10.3. The number of furan rings is 1. The topological polar surface area (TPSA) is 83.3 Å². The van der Waals surface area contributed by atoms with Crippen LogP contribution in [0.1, 0.15) is 28.4 Å². The maximum atomic E-state index is 12.2. The molecule has 0 saturated heterocycles. The van der Waals surface area contributed by atoms with Crippen LogP contribution in [0.25, 0.3) is 0 Å². The lowest BCUT2D eigenvalue weighted by Gasteiger charge is -2.18. The molecule has 6 nitrogen and oxygen atoms in total. The maximum Gasteiger partial charge on any atom is 0.292 e. The molecular weight excluding hydrogens is 246 g/mol. The molecule has 0 aliphatic rings. The molecular formula is C13H13N3O3. The molecule has 98 valence electrons. The van der Waals surface area contributed by atoms with Crippen molar-refractivity contribution in [2.75, 3.05) is 6.54 Å². The number of carbonyl (C=O) groups is 1. The van der Waals surface area contributed by atoms with E-state index < -0.39 is 0 Å². The van der Waals surface area contributed by atoms with E-state index in [4.69, 9.17) is 14.2 Å². The Morgan fingerprint density at radius 2 is 2.42 bits per heavy atom. The van der Waals surface area contributed by atoms with E-state index in [9.17, 15) is 4.79 Å². The molecule has 2 aromatic heterocycles. The van der Waals surface area contributed by atoms with Gasteiger partial charge in [-0.1, -0.05) is 5.16 Å². The Morgan fingerprint density at radius 3 is 3.00 bits per heavy atom. The predicted molar refractivity (Wildman–Crippen MR) is 64.9 cm³/mol. The maximum absolute atomic E-state index is 12.2. The molecule has 0 spiro atoms. The number of aryl methyl sites for hydroxylation is 1. The summed E-state index contributed by atoms with van der Waals surface area (Å²) in [6.45, 7) is 2.36. The Hall–Kier alpha value is -2.55. The van der Waals surface area contributed by atoms with E-state index in [2.05, 4.69) is 5.16 Å². The monoisotopic (exact) mass is 259 g/mol. The summed E-state index contributed by atoms with van der Waals surface area (Å²) in [7, 11) is 0. The fraction of sp³-hybridized carbons (Fsp3) is 0.308. The minimum Gasteiger partial charge on any atom is -0.467 e. The van der Waals surface area contributed by atoms with E-state index in [-0.39, 0.29) is 18.1 Å². The number of rotatable bonds is 5. The van der Waals surface area contributed by atoms with Gasteiger partial charge in [0.25, 0.3) is 5.91 Å². The van der Waals surface area contributed by atoms with Crippen LogP contribution in [0.4, 0.5) is 0 Å². The Balaban J connectivity index is 2.12. The van der Waals surface area contributed by atoms with Crippen LogP contribution in [-0.4, -0.2) is 22.5 Å². The predicted octanol–water partition coefficient (Wildman–Crippen LogP) is 2.13. The molecule has 0 saturated carbocycles. The highest BCUT2D eigenvalue weighted by molar-refractivity contribution is 5.91. The molecule has 0 bridgehead atoms. The molecule has 2 rings (SSSR count). The summed E-state index contributed by atoms with van der Waals surface area (Å²) < 4.78 is 10.2. The van der Waals surface area contributed by atoms with Crippen LogP contribution >= 0.6 is 0 Å². The summed E-state index contributed by atoms with van der Waals surface area (Å²) in [5.74, 6) is 0.525. The van der Waals surface area contributed by atoms with Gasteiger partial charge in [0, 0.05) is 12.6 Å². The second-order valence-electron chi connectivity index (χ2n) is 4.05. The van der Waals surface area contributed by atoms with Gasteiger partial charge in [0.05, 0.1) is 31.0 Å². The first kappa shape index (κ1) is 12.9. The lowest BCUT2D eigenvalue weighted by molar-refractivity contribution is 0.0693. The van der Waals surface area contributed by atoms with E-state index in [1.807, 2.05) is 6.07 Å². The van der Waals surface area contributed by atoms with E-state index in [0.717, 1.165) is 0 Å². The molecule has 0 atom stereocenters. The van der Waals surface area contributed by atoms with Crippen molar-refractivity contribution in [2.24, 2.45) is 0 Å². The molecule has 0 N–H and O–H groups in total. The quantitative estimate of drug-likeness (QED) is 0.821. The minimum atomic E-state index is -0.299. The number of carbonyl (C=O) groups excluding carboxylic acids is 1. The van der Waals surface area contributed by atoms with Crippen molar-refractivity contribution in [3.63, 3.8) is 0 Å². The van der Waals surface area contributed by atoms with Gasteiger partial charge >= 0.3 is 0 Å². The van der Waals surface area contributed by atoms with Crippen LogP contribution in [0, 0.1) is 18.3 Å². The van der Waals surface area contributed by atoms with Crippen LogP contribution in [0.2, 0.25) is 0 Å². The van der Waals surface area contributed by atoms with Crippen molar-refractivity contribution in [1.29, 1.82) is 5.26 Å². The van der Waals surface area contributed by atoms with Crippen LogP contribution in [0.5, 0.6) is 0 Å². The van der Waals surface area contributed by atoms with Crippen LogP contribution < -0.4 is 0 Å². The van der Waals surface area contributed by atoms with E-state index in [0.29, 0.717) is 24.5 Å². The van der Waals surface area contributed by atoms with Crippen molar-refractivity contribution >= 4 is 5.91 Å². The third kappa shape index (κ3) is 3.22. The van der Waals surface area contributed by atoms with E-state index in [1.165, 1.54) is 4.90 Å². The molecule has 0 fully saturated rings. The zero-order valence-corrected chi connectivity index (χ0v) is 10.5. The largest absolute Gasteiger partial charge is 0.467 e. The van der Waals surface area contributed by atoms with Crippen molar-refractivity contribution in [3.8, 4) is 6.07 Å². The molecule has 0 unspecified atom stereocenters. The van der Waals surface area contributed by atoms with E-state index in [1.54, 1.807) is 31.4 Å². The number of aromatic nitrogens is 1. The van der Waals surface area contributed by atoms with Crippen LogP contribution in [0.3, 0.4) is 0 Å². The zero-order valence-electron chi connectivity index (χ0n) is 10.5. The highest BCUT2D eigenvalue weighted by Gasteiger charge is 2.20. The number of hydrogen-bond donors (Lipinski definition) is 0. The number of amides is 1. The van der Waals surface area contributed by atoms with Gasteiger partial charge in [0.2, 0.25) is 5.76 Å². The average Bonchev–Trinajstić information content (AvgIpc) is 3.05. The van der Waals surface area contributed by atoms with Crippen molar-refractivity contribution < 1.29 is 13.7 Å². The summed E-state index contributed by atoms with van der Waals surface area (Å²) >= 11 is 0. The first-order valence-corrected chi connectivity index (χ1v) is 5.82. The standard InChI is InChI=1S/C13H13N3O3/c1-10-8-12(19-15-10)13(17)16(6-3-5-14)9-11-4-2-7-18-11/h2,4,7-8H,3,6,9H2,1H3. The third-order valence-electron chi connectivity index (χ3n) is 2.55. The number of hydrogen-bond acceptors (Lipinski definition) is 5. The van der Waals surface area contributed by atoms with Gasteiger partial charge in [-0.2, -0.15) is 5.26 Å². The minimum absolute atomic E-state index is 0.169. The van der Waals surface area contributed by atoms with Gasteiger partial charge in [-0.15, -0.1) is 0 Å². The van der Waals surface area contributed by atoms with Gasteiger partial charge in [-0.05, 0) is 19.1 Å². The highest BCUT2D eigenvalue weighted by Crippen LogP contribution is 2.12. The van der Waals surface area contributed by atoms with Gasteiger partial charge < -0.3 is 13.8 Å². The van der Waals surface area contributed by atoms with Crippen LogP contribution in [-0.2, 0) is 6.54 Å². The van der Waals surface area contributed by atoms with Gasteiger partial charge in [-0.25, -0.2) is 0 Å². The first-order chi connectivity index (χ1) is 9.20. The molecule has 2 aromatic rings. The Labute approximate surface area is 110 Å². The molecule has 19 heavy (non-hydrogen) atoms. The molecule has 6 heteroatoms. The Morgan fingerprint density at radius 1 is 1.58 bits per heavy atom. The van der Waals surface area contributed by atoms with Gasteiger partial charge in [0.1, 0.15) is 5.76 Å². The molecule has 0 aromatic carbocycles. The zero-order chi connectivity index (χ0) is 13.7. The van der Waals surface area contributed by atoms with Gasteiger partial charge in [0.15, 0.2) is 0 Å². The number of nitrogens with zero attached hydrogens (tertiary/aromatic N) is 3. The molecule has 1 amide bonds. The molecule has 2 heterocycles. The molecule has 0 aliphatic heterocycles. The summed E-state index contributed by atoms with van der Waals surface area (Å²) in [5.41, 5.74) is 0.640. The fourth-order valence-electron chi connectivity index (χ4n) is 1.65. The highest BCUT2D eigenvalue weighted by atomic mass is 16.5. The third-order valence-corrected chi connectivity index (χ3v) is 2.55. The second-order valence-corrected chi connectivity index (χ2v) is 4.05. The second kappa shape index (κ2) is 5.87. The Kier molecular flexibility index (Phi) is 3.98. The average molecular weight is 259 g/mol. The molecule has 0 radical (unpaired) electrons. The van der Waals surface area contributed by atoms with Crippen LogP contribution in [0.15, 0.2) is 33.4 Å². The summed E-state index contributed by atoms with van der Waals surface area (Å²) in [5, 5.41) is 12.3. The van der Waals surface area contributed by atoms with E-state index >= 15 is 0 Å². The normalized spacial score (nSPS) is 10.1. The van der Waals surface area contributed by atoms with Crippen molar-refractivity contribution in [3.05, 3.63) is 41.7 Å². The fourth-order valence-corrected chi connectivity index (χ4v) is 1.65. The smallest absolute Gasteiger partial charge is 0.292 e. The van der Waals surface area contributed by atoms with Crippen molar-refractivity contribution in [1.82, 2.24) is 10.1 Å². The molecule has 0 aliphatic carbocycles. The number of nitriles is 1. The lowest BCUT2D eigenvalue weighted by Crippen LogP contribution is -2.31. The summed E-state index contributed by atoms with van der Waals surface area (Å²) in [4.78, 5) is 13.7. The first-order valence-electron chi connectivity index (χ1n) is 5.82. The summed E-state index contributed by atoms with van der Waals surface area (Å²) in [6, 6.07) is 7.12. The van der Waals surface area contributed by atoms with Gasteiger partial charge in [-0.3, -0.25) is 4.79 Å². The SMILES string of the molecule is Cc1cc(C(=O)N(CCC#N)Cc2ccco2)on1. The summed E-state index contributed by atoms with van der Waals surface area (Å²) in [6.07, 6.45) is 1.79.